The van der Waals surface area contributed by atoms with Crippen LogP contribution in [0.1, 0.15) is 5.56 Å². The van der Waals surface area contributed by atoms with Gasteiger partial charge in [-0.05, 0) is 73.8 Å². The number of phenols is 1. The van der Waals surface area contributed by atoms with E-state index < -0.39 is 0 Å². The summed E-state index contributed by atoms with van der Waals surface area (Å²) in [5.74, 6) is -0.168. The van der Waals surface area contributed by atoms with Gasteiger partial charge in [0.15, 0.2) is 0 Å². The number of aromatic nitrogens is 1. The van der Waals surface area contributed by atoms with Crippen molar-refractivity contribution < 1.29 is 9.90 Å². The lowest BCUT2D eigenvalue weighted by Gasteiger charge is -2.08. The first-order chi connectivity index (χ1) is 12.5. The van der Waals surface area contributed by atoms with Crippen molar-refractivity contribution in [3.8, 4) is 5.75 Å². The largest absolute Gasteiger partial charge is 0.506 e. The van der Waals surface area contributed by atoms with Crippen molar-refractivity contribution in [1.82, 2.24) is 10.4 Å². The molecular formula is C18H14Br2N4O2. The third kappa shape index (κ3) is 4.39. The molecule has 0 aliphatic heterocycles. The molecule has 0 fully saturated rings. The van der Waals surface area contributed by atoms with Crippen molar-refractivity contribution in [2.24, 2.45) is 5.10 Å². The fraction of sp³-hybridized carbons (Fsp3) is 0.0556. The number of phenolic OH excluding ortho intramolecular Hbond substituents is 1. The number of hydrazone groups is 1. The lowest BCUT2D eigenvalue weighted by molar-refractivity contribution is -0.119. The number of fused-ring (bicyclic) bond motifs is 1. The number of anilines is 1. The molecule has 0 spiro atoms. The van der Waals surface area contributed by atoms with Crippen LogP contribution in [0.5, 0.6) is 5.75 Å². The molecular weight excluding hydrogens is 464 g/mol. The van der Waals surface area contributed by atoms with Gasteiger partial charge in [-0.1, -0.05) is 6.07 Å². The zero-order valence-corrected chi connectivity index (χ0v) is 16.6. The first-order valence-electron chi connectivity index (χ1n) is 7.62. The average Bonchev–Trinajstić information content (AvgIpc) is 2.64. The zero-order chi connectivity index (χ0) is 18.5. The van der Waals surface area contributed by atoms with Crippen molar-refractivity contribution in [3.05, 3.63) is 63.2 Å². The summed E-state index contributed by atoms with van der Waals surface area (Å²) in [5, 5.41) is 17.6. The van der Waals surface area contributed by atoms with Crippen molar-refractivity contribution in [2.45, 2.75) is 0 Å². The second-order valence-electron chi connectivity index (χ2n) is 5.36. The fourth-order valence-corrected chi connectivity index (χ4v) is 3.53. The van der Waals surface area contributed by atoms with Gasteiger partial charge in [-0.15, -0.1) is 0 Å². The van der Waals surface area contributed by atoms with Crippen LogP contribution in [0.25, 0.3) is 10.9 Å². The van der Waals surface area contributed by atoms with E-state index in [1.54, 1.807) is 18.3 Å². The zero-order valence-electron chi connectivity index (χ0n) is 13.4. The Hall–Kier alpha value is -2.45. The number of nitrogens with one attached hydrogen (secondary N) is 2. The van der Waals surface area contributed by atoms with E-state index in [-0.39, 0.29) is 18.2 Å². The molecule has 3 N–H and O–H groups in total. The van der Waals surface area contributed by atoms with Gasteiger partial charge in [-0.3, -0.25) is 9.78 Å². The second kappa shape index (κ2) is 8.29. The summed E-state index contributed by atoms with van der Waals surface area (Å²) >= 11 is 6.49. The normalized spacial score (nSPS) is 11.0. The first-order valence-corrected chi connectivity index (χ1v) is 9.21. The van der Waals surface area contributed by atoms with Crippen molar-refractivity contribution in [2.75, 3.05) is 11.9 Å². The molecule has 1 heterocycles. The second-order valence-corrected chi connectivity index (χ2v) is 7.06. The standard InChI is InChI=1S/C18H14Br2N4O2/c19-13-7-11(8-14(20)18(13)26)9-23-24-17(25)10-22-16-5-1-4-15-12(16)3-2-6-21-15/h1-9,22,26H,10H2,(H,24,25)/b23-9+. The molecule has 3 rings (SSSR count). The van der Waals surface area contributed by atoms with E-state index in [0.717, 1.165) is 22.2 Å². The molecule has 0 saturated heterocycles. The number of aromatic hydroxyl groups is 1. The van der Waals surface area contributed by atoms with Crippen LogP contribution in [0.2, 0.25) is 0 Å². The molecule has 0 radical (unpaired) electrons. The molecule has 0 bridgehead atoms. The van der Waals surface area contributed by atoms with Crippen LogP contribution in [-0.4, -0.2) is 28.8 Å². The SMILES string of the molecule is O=C(CNc1cccc2ncccc12)N/N=C/c1cc(Br)c(O)c(Br)c1. The molecule has 0 aliphatic rings. The Labute approximate surface area is 166 Å². The molecule has 2 aromatic carbocycles. The Morgan fingerprint density at radius 3 is 2.73 bits per heavy atom. The number of halogens is 2. The van der Waals surface area contributed by atoms with Crippen molar-refractivity contribution in [3.63, 3.8) is 0 Å². The van der Waals surface area contributed by atoms with Gasteiger partial charge in [-0.25, -0.2) is 5.43 Å². The number of pyridine rings is 1. The predicted octanol–water partition coefficient (Wildman–Crippen LogP) is 4.03. The molecule has 8 heteroatoms. The Kier molecular flexibility index (Phi) is 5.85. The van der Waals surface area contributed by atoms with Crippen LogP contribution in [-0.2, 0) is 4.79 Å². The minimum atomic E-state index is -0.279. The van der Waals surface area contributed by atoms with E-state index in [1.165, 1.54) is 6.21 Å². The Morgan fingerprint density at radius 2 is 1.96 bits per heavy atom. The molecule has 1 aromatic heterocycles. The van der Waals surface area contributed by atoms with Crippen LogP contribution in [0.4, 0.5) is 5.69 Å². The van der Waals surface area contributed by atoms with Crippen molar-refractivity contribution >= 4 is 60.6 Å². The third-order valence-corrected chi connectivity index (χ3v) is 4.74. The Bertz CT molecular complexity index is 964. The highest BCUT2D eigenvalue weighted by molar-refractivity contribution is 9.11. The van der Waals surface area contributed by atoms with Crippen LogP contribution in [0, 0.1) is 0 Å². The summed E-state index contributed by atoms with van der Waals surface area (Å²) in [6.45, 7) is 0.0777. The molecule has 1 amide bonds. The Morgan fingerprint density at radius 1 is 1.19 bits per heavy atom. The fourth-order valence-electron chi connectivity index (χ4n) is 2.31. The Balaban J connectivity index is 1.59. The molecule has 0 unspecified atom stereocenters. The summed E-state index contributed by atoms with van der Waals surface area (Å²) in [5.41, 5.74) is 4.87. The third-order valence-electron chi connectivity index (χ3n) is 3.53. The van der Waals surface area contributed by atoms with E-state index in [4.69, 9.17) is 0 Å². The summed E-state index contributed by atoms with van der Waals surface area (Å²) in [4.78, 5) is 16.3. The molecule has 3 aromatic rings. The van der Waals surface area contributed by atoms with Gasteiger partial charge in [0.1, 0.15) is 5.75 Å². The van der Waals surface area contributed by atoms with E-state index >= 15 is 0 Å². The molecule has 26 heavy (non-hydrogen) atoms. The van der Waals surface area contributed by atoms with Gasteiger partial charge in [-0.2, -0.15) is 5.10 Å². The van der Waals surface area contributed by atoms with E-state index in [9.17, 15) is 9.90 Å². The summed E-state index contributed by atoms with van der Waals surface area (Å²) in [6.07, 6.45) is 3.22. The highest BCUT2D eigenvalue weighted by atomic mass is 79.9. The topological polar surface area (TPSA) is 86.6 Å². The quantitative estimate of drug-likeness (QED) is 0.382. The predicted molar refractivity (Wildman–Crippen MR) is 109 cm³/mol. The molecule has 0 saturated carbocycles. The van der Waals surface area contributed by atoms with Gasteiger partial charge in [0.25, 0.3) is 5.91 Å². The van der Waals surface area contributed by atoms with Gasteiger partial charge >= 0.3 is 0 Å². The van der Waals surface area contributed by atoms with Crippen molar-refractivity contribution in [1.29, 1.82) is 0 Å². The average molecular weight is 478 g/mol. The van der Waals surface area contributed by atoms with Gasteiger partial charge in [0.05, 0.1) is 27.2 Å². The summed E-state index contributed by atoms with van der Waals surface area (Å²) < 4.78 is 1.07. The maximum Gasteiger partial charge on any atom is 0.259 e. The van der Waals surface area contributed by atoms with Crippen LogP contribution >= 0.6 is 31.9 Å². The smallest absolute Gasteiger partial charge is 0.259 e. The molecule has 6 nitrogen and oxygen atoms in total. The van der Waals surface area contributed by atoms with Gasteiger partial charge in [0, 0.05) is 17.3 Å². The number of hydrogen-bond acceptors (Lipinski definition) is 5. The molecule has 0 aliphatic carbocycles. The number of carbonyl (C=O) groups is 1. The van der Waals surface area contributed by atoms with E-state index in [0.29, 0.717) is 8.95 Å². The summed E-state index contributed by atoms with van der Waals surface area (Å²) in [7, 11) is 0. The monoisotopic (exact) mass is 476 g/mol. The lowest BCUT2D eigenvalue weighted by Crippen LogP contribution is -2.25. The van der Waals surface area contributed by atoms with Gasteiger partial charge < -0.3 is 10.4 Å². The maximum atomic E-state index is 12.0. The maximum absolute atomic E-state index is 12.0. The number of rotatable bonds is 5. The number of nitrogens with zero attached hydrogens (tertiary/aromatic N) is 2. The molecule has 132 valence electrons. The first kappa shape index (κ1) is 18.3. The van der Waals surface area contributed by atoms with Gasteiger partial charge in [0.2, 0.25) is 0 Å². The van der Waals surface area contributed by atoms with E-state index in [1.807, 2.05) is 30.3 Å². The highest BCUT2D eigenvalue weighted by Gasteiger charge is 2.05. The van der Waals surface area contributed by atoms with Crippen LogP contribution in [0.3, 0.4) is 0 Å². The molecule has 0 atom stereocenters. The summed E-state index contributed by atoms with van der Waals surface area (Å²) in [6, 6.07) is 12.9. The lowest BCUT2D eigenvalue weighted by atomic mass is 10.2. The van der Waals surface area contributed by atoms with Crippen LogP contribution < -0.4 is 10.7 Å². The number of amides is 1. The number of hydrogen-bond donors (Lipinski definition) is 3. The minimum Gasteiger partial charge on any atom is -0.506 e. The van der Waals surface area contributed by atoms with E-state index in [2.05, 4.69) is 52.7 Å². The number of carbonyl (C=O) groups excluding carboxylic acids is 1. The minimum absolute atomic E-state index is 0.0777. The van der Waals surface area contributed by atoms with Crippen LogP contribution in [0.15, 0.2) is 62.7 Å². The number of benzene rings is 2. The highest BCUT2D eigenvalue weighted by Crippen LogP contribution is 2.32.